The minimum Gasteiger partial charge on any atom is -0.465 e. The molecule has 0 spiro atoms. The average Bonchev–Trinajstić information content (AvgIpc) is 3.20. The first-order chi connectivity index (χ1) is 15.0. The number of esters is 1. The summed E-state index contributed by atoms with van der Waals surface area (Å²) in [6.07, 6.45) is 3.08. The number of carbonyl (C=O) groups excluding carboxylic acids is 1. The third-order valence-electron chi connectivity index (χ3n) is 6.92. The van der Waals surface area contributed by atoms with Gasteiger partial charge in [0.15, 0.2) is 8.32 Å². The zero-order valence-electron chi connectivity index (χ0n) is 20.1. The van der Waals surface area contributed by atoms with Gasteiger partial charge < -0.3 is 14.5 Å². The molecule has 3 rings (SSSR count). The zero-order valence-corrected chi connectivity index (χ0v) is 21.8. The van der Waals surface area contributed by atoms with Crippen LogP contribution in [0.4, 0.5) is 0 Å². The molecule has 0 aromatic heterocycles. The maximum Gasteiger partial charge on any atom is 0.337 e. The summed E-state index contributed by atoms with van der Waals surface area (Å²) in [5.74, 6) is -0.302. The summed E-state index contributed by atoms with van der Waals surface area (Å²) in [5.41, 5.74) is 2.98. The Morgan fingerprint density at radius 2 is 1.72 bits per heavy atom. The van der Waals surface area contributed by atoms with E-state index in [0.29, 0.717) is 11.6 Å². The lowest BCUT2D eigenvalue weighted by Gasteiger charge is -2.41. The fourth-order valence-electron chi connectivity index (χ4n) is 3.96. The molecule has 1 fully saturated rings. The number of hydrogen-bond acceptors (Lipinski definition) is 4. The Kier molecular flexibility index (Phi) is 7.87. The largest absolute Gasteiger partial charge is 0.465 e. The molecule has 0 amide bonds. The first-order valence-electron chi connectivity index (χ1n) is 11.4. The average molecular weight is 474 g/mol. The third-order valence-corrected chi connectivity index (χ3v) is 11.6. The Labute approximate surface area is 198 Å². The van der Waals surface area contributed by atoms with Crippen LogP contribution in [0.2, 0.25) is 23.2 Å². The molecule has 1 unspecified atom stereocenters. The van der Waals surface area contributed by atoms with Gasteiger partial charge in [-0.15, -0.1) is 0 Å². The van der Waals surface area contributed by atoms with Crippen LogP contribution in [0.25, 0.3) is 0 Å². The first kappa shape index (κ1) is 25.0. The van der Waals surface area contributed by atoms with E-state index >= 15 is 0 Å². The van der Waals surface area contributed by atoms with Crippen LogP contribution < -0.4 is 5.32 Å². The number of methoxy groups -OCH3 is 1. The number of benzene rings is 2. The molecule has 6 heteroatoms. The van der Waals surface area contributed by atoms with E-state index in [1.165, 1.54) is 18.2 Å². The Balaban J connectivity index is 1.74. The van der Waals surface area contributed by atoms with Crippen molar-refractivity contribution in [2.45, 2.75) is 76.4 Å². The summed E-state index contributed by atoms with van der Waals surface area (Å²) in [6.45, 7) is 11.5. The summed E-state index contributed by atoms with van der Waals surface area (Å²) < 4.78 is 11.7. The van der Waals surface area contributed by atoms with E-state index in [2.05, 4.69) is 51.3 Å². The van der Waals surface area contributed by atoms with Gasteiger partial charge in [-0.2, -0.15) is 0 Å². The van der Waals surface area contributed by atoms with Crippen molar-refractivity contribution >= 4 is 25.9 Å². The number of carbonyl (C=O) groups is 1. The molecule has 1 N–H and O–H groups in total. The molecule has 1 saturated heterocycles. The predicted octanol–water partition coefficient (Wildman–Crippen LogP) is 6.55. The number of ether oxygens (including phenoxy) is 1. The molecule has 1 heterocycles. The standard InChI is InChI=1S/C26H36ClNO3Si/c1-26(2,3)32(5,6)31-24(19-11-13-21(27)14-12-19)23-16-15-22(28-23)17-18-7-9-20(10-8-18)25(29)30-4/h7-14,22-24,28H,15-17H2,1-6H3/t22-,23+,24?/m0/s1. The van der Waals surface area contributed by atoms with Crippen LogP contribution in [-0.4, -0.2) is 33.5 Å². The Bertz CT molecular complexity index is 906. The van der Waals surface area contributed by atoms with Gasteiger partial charge in [-0.25, -0.2) is 4.79 Å². The normalized spacial score (nSPS) is 20.2. The Morgan fingerprint density at radius 3 is 2.28 bits per heavy atom. The minimum absolute atomic E-state index is 0.000131. The van der Waals surface area contributed by atoms with Crippen molar-refractivity contribution in [3.05, 3.63) is 70.2 Å². The van der Waals surface area contributed by atoms with E-state index < -0.39 is 8.32 Å². The molecule has 0 radical (unpaired) electrons. The minimum atomic E-state index is -1.97. The summed E-state index contributed by atoms with van der Waals surface area (Å²) in [6, 6.07) is 16.4. The smallest absolute Gasteiger partial charge is 0.337 e. The van der Waals surface area contributed by atoms with Crippen molar-refractivity contribution in [1.29, 1.82) is 0 Å². The predicted molar refractivity (Wildman–Crippen MR) is 134 cm³/mol. The second-order valence-electron chi connectivity index (χ2n) is 10.3. The Hall–Kier alpha value is -1.66. The van der Waals surface area contributed by atoms with Gasteiger partial charge in [0.2, 0.25) is 0 Å². The molecule has 1 aliphatic heterocycles. The van der Waals surface area contributed by atoms with Crippen LogP contribution in [0.15, 0.2) is 48.5 Å². The summed E-state index contributed by atoms with van der Waals surface area (Å²) in [4.78, 5) is 11.7. The van der Waals surface area contributed by atoms with Crippen LogP contribution >= 0.6 is 11.6 Å². The van der Waals surface area contributed by atoms with Gasteiger partial charge in [-0.3, -0.25) is 0 Å². The van der Waals surface area contributed by atoms with Crippen molar-refractivity contribution < 1.29 is 14.0 Å². The van der Waals surface area contributed by atoms with E-state index in [1.807, 2.05) is 36.4 Å². The van der Waals surface area contributed by atoms with Crippen molar-refractivity contribution in [3.8, 4) is 0 Å². The number of halogens is 1. The maximum absolute atomic E-state index is 11.7. The van der Waals surface area contributed by atoms with Crippen LogP contribution in [0.3, 0.4) is 0 Å². The molecular weight excluding hydrogens is 438 g/mol. The molecule has 1 aliphatic rings. The van der Waals surface area contributed by atoms with Gasteiger partial charge in [0.05, 0.1) is 18.8 Å². The van der Waals surface area contributed by atoms with Gasteiger partial charge >= 0.3 is 5.97 Å². The van der Waals surface area contributed by atoms with Crippen LogP contribution in [-0.2, 0) is 15.6 Å². The molecule has 174 valence electrons. The highest BCUT2D eigenvalue weighted by atomic mass is 35.5. The van der Waals surface area contributed by atoms with Crippen LogP contribution in [0.5, 0.6) is 0 Å². The highest BCUT2D eigenvalue weighted by molar-refractivity contribution is 6.74. The molecule has 3 atom stereocenters. The van der Waals surface area contributed by atoms with Gasteiger partial charge in [0.25, 0.3) is 0 Å². The van der Waals surface area contributed by atoms with Crippen molar-refractivity contribution in [3.63, 3.8) is 0 Å². The highest BCUT2D eigenvalue weighted by Gasteiger charge is 2.42. The topological polar surface area (TPSA) is 47.6 Å². The SMILES string of the molecule is COC(=O)c1ccc(C[C@@H]2CC[C@H](C(O[Si](C)(C)C(C)(C)C)c3ccc(Cl)cc3)N2)cc1. The fourth-order valence-corrected chi connectivity index (χ4v) is 5.37. The lowest BCUT2D eigenvalue weighted by atomic mass is 10.0. The van der Waals surface area contributed by atoms with E-state index in [1.54, 1.807) is 0 Å². The number of nitrogens with one attached hydrogen (secondary N) is 1. The zero-order chi connectivity index (χ0) is 23.5. The molecule has 4 nitrogen and oxygen atoms in total. The fraction of sp³-hybridized carbons (Fsp3) is 0.500. The van der Waals surface area contributed by atoms with Gasteiger partial charge in [0, 0.05) is 17.1 Å². The van der Waals surface area contributed by atoms with Gasteiger partial charge in [-0.05, 0) is 72.8 Å². The third kappa shape index (κ3) is 6.01. The molecule has 2 aromatic carbocycles. The maximum atomic E-state index is 11.7. The van der Waals surface area contributed by atoms with E-state index in [0.717, 1.165) is 24.3 Å². The summed E-state index contributed by atoms with van der Waals surface area (Å²) in [7, 11) is -0.561. The molecule has 2 aromatic rings. The molecule has 0 bridgehead atoms. The Morgan fingerprint density at radius 1 is 1.09 bits per heavy atom. The van der Waals surface area contributed by atoms with Gasteiger partial charge in [-0.1, -0.05) is 56.6 Å². The quantitative estimate of drug-likeness (QED) is 0.365. The second kappa shape index (κ2) is 10.1. The van der Waals surface area contributed by atoms with Gasteiger partial charge in [0.1, 0.15) is 0 Å². The number of rotatable bonds is 7. The van der Waals surface area contributed by atoms with E-state index in [9.17, 15) is 4.79 Å². The molecule has 0 saturated carbocycles. The number of hydrogen-bond donors (Lipinski definition) is 1. The van der Waals surface area contributed by atoms with Crippen LogP contribution in [0, 0.1) is 0 Å². The lowest BCUT2D eigenvalue weighted by Crippen LogP contribution is -2.46. The van der Waals surface area contributed by atoms with E-state index in [4.69, 9.17) is 20.8 Å². The first-order valence-corrected chi connectivity index (χ1v) is 14.7. The molecule has 0 aliphatic carbocycles. The lowest BCUT2D eigenvalue weighted by molar-refractivity contribution is 0.0600. The monoisotopic (exact) mass is 473 g/mol. The van der Waals surface area contributed by atoms with Crippen molar-refractivity contribution in [2.75, 3.05) is 7.11 Å². The molecular formula is C26H36ClNO3Si. The van der Waals surface area contributed by atoms with E-state index in [-0.39, 0.29) is 23.2 Å². The summed E-state index contributed by atoms with van der Waals surface area (Å²) >= 11 is 6.16. The molecule has 32 heavy (non-hydrogen) atoms. The summed E-state index contributed by atoms with van der Waals surface area (Å²) in [5, 5.41) is 4.73. The second-order valence-corrected chi connectivity index (χ2v) is 15.5. The highest BCUT2D eigenvalue weighted by Crippen LogP contribution is 2.42. The van der Waals surface area contributed by atoms with Crippen molar-refractivity contribution in [2.24, 2.45) is 0 Å². The van der Waals surface area contributed by atoms with Crippen LogP contribution in [0.1, 0.15) is 61.2 Å². The van der Waals surface area contributed by atoms with Crippen molar-refractivity contribution in [1.82, 2.24) is 5.32 Å².